The number of para-hydroxylation sites is 2. The summed E-state index contributed by atoms with van der Waals surface area (Å²) in [7, 11) is 0. The van der Waals surface area contributed by atoms with Crippen LogP contribution in [0.1, 0.15) is 58.9 Å². The minimum absolute atomic E-state index is 0.0325. The Kier molecular flexibility index (Phi) is 5.21. The molecule has 1 atom stereocenters. The molecule has 0 radical (unpaired) electrons. The first-order valence-electron chi connectivity index (χ1n) is 12.1. The van der Waals surface area contributed by atoms with Gasteiger partial charge >= 0.3 is 0 Å². The van der Waals surface area contributed by atoms with Crippen molar-refractivity contribution in [1.82, 2.24) is 25.1 Å². The number of piperidine rings is 2. The number of fused-ring (bicyclic) bond motifs is 2. The van der Waals surface area contributed by atoms with Gasteiger partial charge in [-0.25, -0.2) is 4.98 Å². The molecule has 34 heavy (non-hydrogen) atoms. The van der Waals surface area contributed by atoms with Crippen LogP contribution >= 0.6 is 0 Å². The summed E-state index contributed by atoms with van der Waals surface area (Å²) in [6.07, 6.45) is 3.53. The summed E-state index contributed by atoms with van der Waals surface area (Å²) in [5.74, 6) is 1.36. The van der Waals surface area contributed by atoms with Gasteiger partial charge in [0.2, 0.25) is 5.91 Å². The lowest BCUT2D eigenvalue weighted by Crippen LogP contribution is -2.49. The molecule has 2 amide bonds. The van der Waals surface area contributed by atoms with Gasteiger partial charge in [0.15, 0.2) is 0 Å². The first-order valence-corrected chi connectivity index (χ1v) is 12.1. The van der Waals surface area contributed by atoms with Gasteiger partial charge in [0.25, 0.3) is 5.91 Å². The largest absolute Gasteiger partial charge is 0.341 e. The molecule has 174 valence electrons. The number of hydrogen-bond donors (Lipinski definition) is 2. The number of aromatic amines is 1. The Morgan fingerprint density at radius 3 is 2.68 bits per heavy atom. The summed E-state index contributed by atoms with van der Waals surface area (Å²) in [4.78, 5) is 37.8. The van der Waals surface area contributed by atoms with Crippen molar-refractivity contribution >= 4 is 22.8 Å². The van der Waals surface area contributed by atoms with E-state index in [4.69, 9.17) is 4.98 Å². The third kappa shape index (κ3) is 3.80. The van der Waals surface area contributed by atoms with E-state index < -0.39 is 6.04 Å². The van der Waals surface area contributed by atoms with Crippen molar-refractivity contribution < 1.29 is 9.59 Å². The third-order valence-electron chi connectivity index (χ3n) is 7.53. The van der Waals surface area contributed by atoms with Crippen LogP contribution in [0, 0.1) is 0 Å². The first kappa shape index (κ1) is 21.1. The van der Waals surface area contributed by atoms with Crippen LogP contribution in [0.2, 0.25) is 0 Å². The quantitative estimate of drug-likeness (QED) is 0.629. The minimum Gasteiger partial charge on any atom is -0.341 e. The number of benzene rings is 2. The van der Waals surface area contributed by atoms with Crippen molar-refractivity contribution in [3.8, 4) is 0 Å². The van der Waals surface area contributed by atoms with Crippen LogP contribution in [-0.2, 0) is 17.9 Å². The summed E-state index contributed by atoms with van der Waals surface area (Å²) in [6.45, 7) is 7.24. The number of aromatic nitrogens is 2. The maximum absolute atomic E-state index is 13.0. The second kappa shape index (κ2) is 8.40. The fraction of sp³-hybridized carbons (Fsp3) is 0.370. The highest BCUT2D eigenvalue weighted by Gasteiger charge is 2.38. The molecule has 7 heteroatoms. The monoisotopic (exact) mass is 455 g/mol. The molecule has 4 heterocycles. The molecule has 1 aromatic heterocycles. The Bertz CT molecular complexity index is 1250. The molecule has 2 fully saturated rings. The summed E-state index contributed by atoms with van der Waals surface area (Å²) in [5, 5.41) is 2.81. The second-order valence-corrected chi connectivity index (χ2v) is 9.75. The topological polar surface area (TPSA) is 81.3 Å². The van der Waals surface area contributed by atoms with Crippen LogP contribution < -0.4 is 5.32 Å². The van der Waals surface area contributed by atoms with E-state index in [0.717, 1.165) is 66.2 Å². The molecule has 1 unspecified atom stereocenters. The van der Waals surface area contributed by atoms with Crippen molar-refractivity contribution in [2.75, 3.05) is 13.1 Å². The number of imidazole rings is 1. The maximum Gasteiger partial charge on any atom is 0.255 e. The summed E-state index contributed by atoms with van der Waals surface area (Å²) in [6, 6.07) is 14.0. The van der Waals surface area contributed by atoms with Gasteiger partial charge in [-0.3, -0.25) is 14.5 Å². The maximum atomic E-state index is 13.0. The highest BCUT2D eigenvalue weighted by atomic mass is 16.2. The number of likely N-dealkylation sites (tertiary alicyclic amines) is 1. The van der Waals surface area contributed by atoms with Gasteiger partial charge in [-0.1, -0.05) is 30.8 Å². The van der Waals surface area contributed by atoms with Crippen molar-refractivity contribution in [2.45, 2.75) is 50.7 Å². The Hall–Kier alpha value is -3.45. The van der Waals surface area contributed by atoms with Gasteiger partial charge in [-0.15, -0.1) is 0 Å². The predicted molar refractivity (Wildman–Crippen MR) is 130 cm³/mol. The predicted octanol–water partition coefficient (Wildman–Crippen LogP) is 3.69. The molecule has 7 nitrogen and oxygen atoms in total. The number of rotatable bonds is 4. The highest BCUT2D eigenvalue weighted by Crippen LogP contribution is 2.34. The van der Waals surface area contributed by atoms with Crippen LogP contribution in [-0.4, -0.2) is 50.7 Å². The summed E-state index contributed by atoms with van der Waals surface area (Å²) >= 11 is 0. The fourth-order valence-electron chi connectivity index (χ4n) is 5.64. The molecule has 2 aromatic carbocycles. The van der Waals surface area contributed by atoms with E-state index in [1.54, 1.807) is 4.90 Å². The lowest BCUT2D eigenvalue weighted by molar-refractivity contribution is -0.126. The molecule has 2 saturated heterocycles. The third-order valence-corrected chi connectivity index (χ3v) is 7.53. The van der Waals surface area contributed by atoms with Gasteiger partial charge in [-0.2, -0.15) is 0 Å². The molecule has 0 bridgehead atoms. The lowest BCUT2D eigenvalue weighted by atomic mass is 9.88. The number of carbonyl (C=O) groups excluding carboxylic acids is 2. The van der Waals surface area contributed by atoms with E-state index in [9.17, 15) is 9.59 Å². The Morgan fingerprint density at radius 2 is 1.88 bits per heavy atom. The average molecular weight is 456 g/mol. The number of amides is 2. The first-order chi connectivity index (χ1) is 16.5. The summed E-state index contributed by atoms with van der Waals surface area (Å²) in [5.41, 5.74) is 5.93. The molecule has 3 aliphatic heterocycles. The SMILES string of the molecule is C=C1CCC(N2Cc3cc(C4CCN(Cc5nc6ccccc6[nH]5)CC4)ccc3C2=O)C(=O)N1. The van der Waals surface area contributed by atoms with Gasteiger partial charge in [0, 0.05) is 17.8 Å². The van der Waals surface area contributed by atoms with E-state index in [-0.39, 0.29) is 11.8 Å². The van der Waals surface area contributed by atoms with E-state index >= 15 is 0 Å². The van der Waals surface area contributed by atoms with E-state index in [1.165, 1.54) is 5.56 Å². The van der Waals surface area contributed by atoms with E-state index in [0.29, 0.717) is 25.3 Å². The van der Waals surface area contributed by atoms with Crippen molar-refractivity contribution in [1.29, 1.82) is 0 Å². The molecule has 0 saturated carbocycles. The average Bonchev–Trinajstić information content (AvgIpc) is 3.39. The fourth-order valence-corrected chi connectivity index (χ4v) is 5.64. The van der Waals surface area contributed by atoms with Gasteiger partial charge < -0.3 is 15.2 Å². The van der Waals surface area contributed by atoms with Crippen molar-refractivity contribution in [3.05, 3.63) is 77.3 Å². The van der Waals surface area contributed by atoms with Crippen LogP contribution in [0.5, 0.6) is 0 Å². The van der Waals surface area contributed by atoms with Crippen molar-refractivity contribution in [3.63, 3.8) is 0 Å². The zero-order chi connectivity index (χ0) is 23.2. The second-order valence-electron chi connectivity index (χ2n) is 9.75. The minimum atomic E-state index is -0.407. The molecule has 3 aliphatic rings. The number of nitrogens with one attached hydrogen (secondary N) is 2. The highest BCUT2D eigenvalue weighted by molar-refractivity contribution is 6.01. The van der Waals surface area contributed by atoms with Crippen molar-refractivity contribution in [2.24, 2.45) is 0 Å². The van der Waals surface area contributed by atoms with Gasteiger partial charge in [0.05, 0.1) is 17.6 Å². The number of allylic oxidation sites excluding steroid dienone is 1. The number of H-pyrrole nitrogens is 1. The molecular weight excluding hydrogens is 426 g/mol. The zero-order valence-corrected chi connectivity index (χ0v) is 19.2. The number of carbonyl (C=O) groups is 2. The van der Waals surface area contributed by atoms with E-state index in [1.807, 2.05) is 24.3 Å². The molecule has 0 aliphatic carbocycles. The number of hydrogen-bond acceptors (Lipinski definition) is 4. The lowest BCUT2D eigenvalue weighted by Gasteiger charge is -2.31. The summed E-state index contributed by atoms with van der Waals surface area (Å²) < 4.78 is 0. The van der Waals surface area contributed by atoms with Gasteiger partial charge in [-0.05, 0) is 74.0 Å². The zero-order valence-electron chi connectivity index (χ0n) is 19.2. The standard InChI is InChI=1S/C27H29N5O2/c1-17-6-9-24(26(33)28-17)32-15-20-14-19(7-8-21(20)27(32)34)18-10-12-31(13-11-18)16-25-29-22-4-2-3-5-23(22)30-25/h2-5,7-8,14,18,24H,1,6,9-13,15-16H2,(H,28,33)(H,29,30). The Morgan fingerprint density at radius 1 is 1.06 bits per heavy atom. The Balaban J connectivity index is 1.10. The van der Waals surface area contributed by atoms with Crippen LogP contribution in [0.15, 0.2) is 54.7 Å². The molecule has 3 aromatic rings. The molecule has 2 N–H and O–H groups in total. The number of nitrogens with zero attached hydrogens (tertiary/aromatic N) is 3. The molecule has 6 rings (SSSR count). The van der Waals surface area contributed by atoms with E-state index in [2.05, 4.69) is 40.0 Å². The van der Waals surface area contributed by atoms with Crippen LogP contribution in [0.3, 0.4) is 0 Å². The van der Waals surface area contributed by atoms with Crippen LogP contribution in [0.25, 0.3) is 11.0 Å². The normalized spacial score (nSPS) is 21.8. The molecular formula is C27H29N5O2. The Labute approximate surface area is 198 Å². The molecule has 0 spiro atoms. The van der Waals surface area contributed by atoms with Gasteiger partial charge in [0.1, 0.15) is 11.9 Å². The smallest absolute Gasteiger partial charge is 0.255 e. The van der Waals surface area contributed by atoms with Crippen LogP contribution in [0.4, 0.5) is 0 Å².